The van der Waals surface area contributed by atoms with Crippen molar-refractivity contribution in [2.24, 2.45) is 5.92 Å². The maximum atomic E-state index is 11.6. The maximum absolute atomic E-state index is 11.6. The zero-order valence-corrected chi connectivity index (χ0v) is 16.3. The normalized spacial score (nSPS) is 11.1. The van der Waals surface area contributed by atoms with E-state index in [0.717, 1.165) is 19.4 Å². The fourth-order valence-electron chi connectivity index (χ4n) is 2.88. The molecule has 0 saturated carbocycles. The maximum Gasteiger partial charge on any atom is 0.220 e. The Morgan fingerprint density at radius 2 is 1.17 bits per heavy atom. The summed E-state index contributed by atoms with van der Waals surface area (Å²) in [5.41, 5.74) is 0. The highest BCUT2D eigenvalue weighted by atomic mass is 16.1. The number of rotatable bonds is 17. The predicted molar refractivity (Wildman–Crippen MR) is 103 cm³/mol. The van der Waals surface area contributed by atoms with Gasteiger partial charge in [-0.1, -0.05) is 97.8 Å². The molecular weight excluding hydrogens is 282 g/mol. The van der Waals surface area contributed by atoms with Crippen molar-refractivity contribution in [1.82, 2.24) is 5.32 Å². The van der Waals surface area contributed by atoms with Crippen molar-refractivity contribution in [3.8, 4) is 0 Å². The van der Waals surface area contributed by atoms with E-state index in [4.69, 9.17) is 0 Å². The number of hydrogen-bond donors (Lipinski definition) is 1. The quantitative estimate of drug-likeness (QED) is 0.299. The molecule has 2 heteroatoms. The van der Waals surface area contributed by atoms with E-state index in [1.165, 1.54) is 77.0 Å². The third-order valence-corrected chi connectivity index (χ3v) is 4.55. The smallest absolute Gasteiger partial charge is 0.220 e. The molecule has 0 aromatic rings. The van der Waals surface area contributed by atoms with Gasteiger partial charge in [0, 0.05) is 13.0 Å². The molecule has 0 heterocycles. The van der Waals surface area contributed by atoms with Gasteiger partial charge in [-0.15, -0.1) is 0 Å². The third-order valence-electron chi connectivity index (χ3n) is 4.55. The number of carbonyl (C=O) groups excluding carboxylic acids is 1. The highest BCUT2D eigenvalue weighted by Crippen LogP contribution is 2.12. The lowest BCUT2D eigenvalue weighted by atomic mass is 10.0. The Morgan fingerprint density at radius 1 is 0.739 bits per heavy atom. The Bertz CT molecular complexity index is 250. The lowest BCUT2D eigenvalue weighted by Gasteiger charge is -2.07. The summed E-state index contributed by atoms with van der Waals surface area (Å²) in [7, 11) is 0. The minimum Gasteiger partial charge on any atom is -0.356 e. The Labute approximate surface area is 146 Å². The summed E-state index contributed by atoms with van der Waals surface area (Å²) < 4.78 is 0. The van der Waals surface area contributed by atoms with Crippen LogP contribution in [-0.4, -0.2) is 12.5 Å². The van der Waals surface area contributed by atoms with Crippen molar-refractivity contribution in [1.29, 1.82) is 0 Å². The van der Waals surface area contributed by atoms with E-state index in [1.54, 1.807) is 0 Å². The van der Waals surface area contributed by atoms with E-state index in [9.17, 15) is 4.79 Å². The second kappa shape index (κ2) is 17.8. The minimum atomic E-state index is 0.234. The summed E-state index contributed by atoms with van der Waals surface area (Å²) in [4.78, 5) is 11.6. The largest absolute Gasteiger partial charge is 0.356 e. The highest BCUT2D eigenvalue weighted by Gasteiger charge is 2.02. The van der Waals surface area contributed by atoms with Crippen molar-refractivity contribution in [3.63, 3.8) is 0 Å². The molecule has 0 atom stereocenters. The number of amides is 1. The predicted octanol–water partition coefficient (Wildman–Crippen LogP) is 6.63. The Morgan fingerprint density at radius 3 is 1.61 bits per heavy atom. The first-order valence-electron chi connectivity index (χ1n) is 10.4. The Balaban J connectivity index is 3.09. The van der Waals surface area contributed by atoms with E-state index in [-0.39, 0.29) is 5.91 Å². The standard InChI is InChI=1S/C21H43NO/c1-4-5-6-7-8-9-10-11-12-13-14-15-16-19-22-21(23)18-17-20(2)3/h20H,4-19H2,1-3H3,(H,22,23). The molecule has 0 fully saturated rings. The average molecular weight is 326 g/mol. The summed E-state index contributed by atoms with van der Waals surface area (Å²) in [6, 6.07) is 0. The Hall–Kier alpha value is -0.530. The molecule has 0 aliphatic heterocycles. The van der Waals surface area contributed by atoms with Crippen LogP contribution < -0.4 is 5.32 Å². The molecule has 0 saturated heterocycles. The van der Waals surface area contributed by atoms with Gasteiger partial charge in [0.2, 0.25) is 5.91 Å². The van der Waals surface area contributed by atoms with Gasteiger partial charge in [0.15, 0.2) is 0 Å². The van der Waals surface area contributed by atoms with Crippen LogP contribution in [0.4, 0.5) is 0 Å². The number of carbonyl (C=O) groups is 1. The van der Waals surface area contributed by atoms with Crippen molar-refractivity contribution in [2.75, 3.05) is 6.54 Å². The molecule has 2 nitrogen and oxygen atoms in total. The molecule has 0 bridgehead atoms. The lowest BCUT2D eigenvalue weighted by molar-refractivity contribution is -0.121. The van der Waals surface area contributed by atoms with Crippen LogP contribution in [0.2, 0.25) is 0 Å². The van der Waals surface area contributed by atoms with Crippen molar-refractivity contribution >= 4 is 5.91 Å². The molecule has 0 spiro atoms. The fourth-order valence-corrected chi connectivity index (χ4v) is 2.88. The monoisotopic (exact) mass is 325 g/mol. The van der Waals surface area contributed by atoms with Gasteiger partial charge >= 0.3 is 0 Å². The van der Waals surface area contributed by atoms with Gasteiger partial charge in [-0.2, -0.15) is 0 Å². The molecule has 0 radical (unpaired) electrons. The number of unbranched alkanes of at least 4 members (excludes halogenated alkanes) is 12. The van der Waals surface area contributed by atoms with Crippen LogP contribution in [0.15, 0.2) is 0 Å². The van der Waals surface area contributed by atoms with Crippen LogP contribution in [0.25, 0.3) is 0 Å². The van der Waals surface area contributed by atoms with E-state index in [0.29, 0.717) is 12.3 Å². The summed E-state index contributed by atoms with van der Waals surface area (Å²) in [5, 5.41) is 3.04. The zero-order chi connectivity index (χ0) is 17.2. The highest BCUT2D eigenvalue weighted by molar-refractivity contribution is 5.75. The summed E-state index contributed by atoms with van der Waals surface area (Å²) in [5.74, 6) is 0.856. The molecule has 0 unspecified atom stereocenters. The summed E-state index contributed by atoms with van der Waals surface area (Å²) >= 11 is 0. The third kappa shape index (κ3) is 19.4. The van der Waals surface area contributed by atoms with Crippen molar-refractivity contribution in [2.45, 2.75) is 117 Å². The van der Waals surface area contributed by atoms with Crippen LogP contribution in [0, 0.1) is 5.92 Å². The van der Waals surface area contributed by atoms with E-state index < -0.39 is 0 Å². The molecule has 0 aromatic carbocycles. The lowest BCUT2D eigenvalue weighted by Crippen LogP contribution is -2.24. The first kappa shape index (κ1) is 22.5. The van der Waals surface area contributed by atoms with Crippen molar-refractivity contribution in [3.05, 3.63) is 0 Å². The molecular formula is C21H43NO. The van der Waals surface area contributed by atoms with Gasteiger partial charge in [-0.3, -0.25) is 4.79 Å². The van der Waals surface area contributed by atoms with Crippen LogP contribution >= 0.6 is 0 Å². The topological polar surface area (TPSA) is 29.1 Å². The molecule has 0 aliphatic carbocycles. The van der Waals surface area contributed by atoms with Gasteiger partial charge in [-0.05, 0) is 18.8 Å². The van der Waals surface area contributed by atoms with Gasteiger partial charge < -0.3 is 5.32 Å². The van der Waals surface area contributed by atoms with Gasteiger partial charge in [0.1, 0.15) is 0 Å². The second-order valence-corrected chi connectivity index (χ2v) is 7.53. The molecule has 0 rings (SSSR count). The Kier molecular flexibility index (Phi) is 17.4. The van der Waals surface area contributed by atoms with Crippen LogP contribution in [0.3, 0.4) is 0 Å². The van der Waals surface area contributed by atoms with E-state index in [2.05, 4.69) is 26.1 Å². The van der Waals surface area contributed by atoms with Crippen LogP contribution in [-0.2, 0) is 4.79 Å². The summed E-state index contributed by atoms with van der Waals surface area (Å²) in [6.45, 7) is 7.48. The van der Waals surface area contributed by atoms with E-state index in [1.807, 2.05) is 0 Å². The fraction of sp³-hybridized carbons (Fsp3) is 0.952. The van der Waals surface area contributed by atoms with Gasteiger partial charge in [0.05, 0.1) is 0 Å². The molecule has 0 aromatic heterocycles. The number of hydrogen-bond acceptors (Lipinski definition) is 1. The SMILES string of the molecule is CCCCCCCCCCCCCCCNC(=O)CCC(C)C. The second-order valence-electron chi connectivity index (χ2n) is 7.53. The van der Waals surface area contributed by atoms with Gasteiger partial charge in [0.25, 0.3) is 0 Å². The van der Waals surface area contributed by atoms with Gasteiger partial charge in [-0.25, -0.2) is 0 Å². The molecule has 138 valence electrons. The first-order valence-corrected chi connectivity index (χ1v) is 10.4. The zero-order valence-electron chi connectivity index (χ0n) is 16.3. The van der Waals surface area contributed by atoms with Crippen LogP contribution in [0.1, 0.15) is 117 Å². The first-order chi connectivity index (χ1) is 11.2. The van der Waals surface area contributed by atoms with Crippen LogP contribution in [0.5, 0.6) is 0 Å². The van der Waals surface area contributed by atoms with Crippen molar-refractivity contribution < 1.29 is 4.79 Å². The average Bonchev–Trinajstić information content (AvgIpc) is 2.53. The van der Waals surface area contributed by atoms with E-state index >= 15 is 0 Å². The summed E-state index contributed by atoms with van der Waals surface area (Å²) in [6.07, 6.45) is 19.6. The molecule has 1 amide bonds. The molecule has 23 heavy (non-hydrogen) atoms. The molecule has 1 N–H and O–H groups in total. The number of nitrogens with one attached hydrogen (secondary N) is 1. The minimum absolute atomic E-state index is 0.234. The molecule has 0 aliphatic rings.